The van der Waals surface area contributed by atoms with Crippen LogP contribution >= 0.6 is 0 Å². The van der Waals surface area contributed by atoms with Gasteiger partial charge in [0.05, 0.1) is 18.2 Å². The number of benzene rings is 1. The quantitative estimate of drug-likeness (QED) is 0.779. The lowest BCUT2D eigenvalue weighted by molar-refractivity contribution is -0.120. The number of carbonyl (C=O) groups is 1. The summed E-state index contributed by atoms with van der Waals surface area (Å²) in [7, 11) is 0. The molecule has 0 aliphatic carbocycles. The van der Waals surface area contributed by atoms with Gasteiger partial charge in [0.15, 0.2) is 0 Å². The van der Waals surface area contributed by atoms with Gasteiger partial charge in [0.2, 0.25) is 5.91 Å². The average molecular weight is 275 g/mol. The standard InChI is InChI=1S/C13H17N5O2/c1-10(19)6-7-14-13(20)8-11-2-4-12(5-3-11)18-9-15-16-17-18/h2-5,9-10,19H,6-8H2,1H3,(H,14,20). The van der Waals surface area contributed by atoms with E-state index in [1.54, 1.807) is 11.6 Å². The number of aliphatic hydroxyl groups is 1. The molecule has 0 saturated heterocycles. The van der Waals surface area contributed by atoms with E-state index in [9.17, 15) is 4.79 Å². The van der Waals surface area contributed by atoms with E-state index >= 15 is 0 Å². The number of aromatic nitrogens is 4. The molecule has 1 aromatic heterocycles. The number of hydrogen-bond acceptors (Lipinski definition) is 5. The molecule has 2 rings (SSSR count). The number of aliphatic hydroxyl groups excluding tert-OH is 1. The molecule has 1 unspecified atom stereocenters. The van der Waals surface area contributed by atoms with E-state index in [2.05, 4.69) is 20.8 Å². The lowest BCUT2D eigenvalue weighted by atomic mass is 10.1. The molecule has 0 fully saturated rings. The van der Waals surface area contributed by atoms with Crippen LogP contribution in [0, 0.1) is 0 Å². The van der Waals surface area contributed by atoms with Crippen LogP contribution in [0.4, 0.5) is 0 Å². The van der Waals surface area contributed by atoms with Crippen LogP contribution in [0.25, 0.3) is 5.69 Å². The van der Waals surface area contributed by atoms with Gasteiger partial charge in [0.25, 0.3) is 0 Å². The fraction of sp³-hybridized carbons (Fsp3) is 0.385. The number of nitrogens with one attached hydrogen (secondary N) is 1. The average Bonchev–Trinajstić information content (AvgIpc) is 2.93. The number of carbonyl (C=O) groups excluding carboxylic acids is 1. The first-order valence-corrected chi connectivity index (χ1v) is 6.42. The molecule has 0 radical (unpaired) electrons. The largest absolute Gasteiger partial charge is 0.393 e. The molecule has 1 atom stereocenters. The van der Waals surface area contributed by atoms with Crippen molar-refractivity contribution < 1.29 is 9.90 Å². The smallest absolute Gasteiger partial charge is 0.224 e. The van der Waals surface area contributed by atoms with Crippen molar-refractivity contribution in [1.29, 1.82) is 0 Å². The van der Waals surface area contributed by atoms with E-state index < -0.39 is 6.10 Å². The third kappa shape index (κ3) is 4.13. The maximum Gasteiger partial charge on any atom is 0.224 e. The van der Waals surface area contributed by atoms with Crippen molar-refractivity contribution >= 4 is 5.91 Å². The zero-order valence-corrected chi connectivity index (χ0v) is 11.2. The molecule has 1 heterocycles. The summed E-state index contributed by atoms with van der Waals surface area (Å²) in [5.74, 6) is -0.0548. The molecule has 7 nitrogen and oxygen atoms in total. The van der Waals surface area contributed by atoms with Gasteiger partial charge in [-0.3, -0.25) is 4.79 Å². The number of amides is 1. The highest BCUT2D eigenvalue weighted by Gasteiger charge is 2.05. The Morgan fingerprint density at radius 2 is 2.15 bits per heavy atom. The monoisotopic (exact) mass is 275 g/mol. The highest BCUT2D eigenvalue weighted by atomic mass is 16.3. The molecule has 20 heavy (non-hydrogen) atoms. The summed E-state index contributed by atoms with van der Waals surface area (Å²) in [4.78, 5) is 11.7. The van der Waals surface area contributed by atoms with E-state index in [1.165, 1.54) is 6.33 Å². The lowest BCUT2D eigenvalue weighted by Gasteiger charge is -2.07. The minimum atomic E-state index is -0.397. The van der Waals surface area contributed by atoms with Crippen LogP contribution in [0.15, 0.2) is 30.6 Å². The van der Waals surface area contributed by atoms with Crippen LogP contribution in [0.3, 0.4) is 0 Å². The third-order valence-corrected chi connectivity index (χ3v) is 2.80. The zero-order chi connectivity index (χ0) is 14.4. The summed E-state index contributed by atoms with van der Waals surface area (Å²) in [6.07, 6.45) is 1.99. The van der Waals surface area contributed by atoms with Crippen LogP contribution in [0.1, 0.15) is 18.9 Å². The summed E-state index contributed by atoms with van der Waals surface area (Å²) < 4.78 is 1.55. The van der Waals surface area contributed by atoms with Crippen molar-refractivity contribution in [2.45, 2.75) is 25.9 Å². The molecule has 7 heteroatoms. The predicted molar refractivity (Wildman–Crippen MR) is 72.2 cm³/mol. The molecule has 2 aromatic rings. The predicted octanol–water partition coefficient (Wildman–Crippen LogP) is 0.0919. The molecule has 0 spiro atoms. The van der Waals surface area contributed by atoms with Gasteiger partial charge in [-0.25, -0.2) is 4.68 Å². The molecule has 0 aliphatic heterocycles. The second kappa shape index (κ2) is 6.76. The summed E-state index contributed by atoms with van der Waals surface area (Å²) in [5.41, 5.74) is 1.75. The Bertz CT molecular complexity index is 536. The van der Waals surface area contributed by atoms with Crippen LogP contribution in [0.5, 0.6) is 0 Å². The second-order valence-corrected chi connectivity index (χ2v) is 4.59. The Kier molecular flexibility index (Phi) is 4.78. The second-order valence-electron chi connectivity index (χ2n) is 4.59. The van der Waals surface area contributed by atoms with Crippen molar-refractivity contribution in [3.05, 3.63) is 36.2 Å². The number of tetrazole rings is 1. The van der Waals surface area contributed by atoms with Gasteiger partial charge in [0, 0.05) is 6.54 Å². The van der Waals surface area contributed by atoms with Crippen molar-refractivity contribution in [2.75, 3.05) is 6.54 Å². The Morgan fingerprint density at radius 1 is 1.40 bits per heavy atom. The molecule has 0 bridgehead atoms. The highest BCUT2D eigenvalue weighted by molar-refractivity contribution is 5.78. The van der Waals surface area contributed by atoms with E-state index in [0.29, 0.717) is 19.4 Å². The van der Waals surface area contributed by atoms with E-state index in [-0.39, 0.29) is 5.91 Å². The van der Waals surface area contributed by atoms with E-state index in [4.69, 9.17) is 5.11 Å². The van der Waals surface area contributed by atoms with Gasteiger partial charge in [-0.2, -0.15) is 0 Å². The fourth-order valence-electron chi connectivity index (χ4n) is 1.71. The first-order chi connectivity index (χ1) is 9.65. The Morgan fingerprint density at radius 3 is 2.75 bits per heavy atom. The molecule has 2 N–H and O–H groups in total. The summed E-state index contributed by atoms with van der Waals surface area (Å²) in [6, 6.07) is 7.44. The number of rotatable bonds is 6. The van der Waals surface area contributed by atoms with Crippen LogP contribution in [-0.4, -0.2) is 43.9 Å². The van der Waals surface area contributed by atoms with Crippen molar-refractivity contribution in [3.8, 4) is 5.69 Å². The summed E-state index contributed by atoms with van der Waals surface area (Å²) in [6.45, 7) is 2.18. The summed E-state index contributed by atoms with van der Waals surface area (Å²) >= 11 is 0. The maximum atomic E-state index is 11.7. The van der Waals surface area contributed by atoms with E-state index in [1.807, 2.05) is 24.3 Å². The zero-order valence-electron chi connectivity index (χ0n) is 11.2. The minimum absolute atomic E-state index is 0.0548. The maximum absolute atomic E-state index is 11.7. The lowest BCUT2D eigenvalue weighted by Crippen LogP contribution is -2.27. The van der Waals surface area contributed by atoms with E-state index in [0.717, 1.165) is 11.3 Å². The van der Waals surface area contributed by atoms with Crippen LogP contribution < -0.4 is 5.32 Å². The SMILES string of the molecule is CC(O)CCNC(=O)Cc1ccc(-n2cnnn2)cc1. The van der Waals surface area contributed by atoms with Gasteiger partial charge >= 0.3 is 0 Å². The van der Waals surface area contributed by atoms with Crippen LogP contribution in [-0.2, 0) is 11.2 Å². The van der Waals surface area contributed by atoms with Crippen molar-refractivity contribution in [2.24, 2.45) is 0 Å². The van der Waals surface area contributed by atoms with Gasteiger partial charge in [-0.1, -0.05) is 12.1 Å². The van der Waals surface area contributed by atoms with Crippen molar-refractivity contribution in [1.82, 2.24) is 25.5 Å². The molecular formula is C13H17N5O2. The molecule has 0 saturated carbocycles. The first-order valence-electron chi connectivity index (χ1n) is 6.42. The molecule has 1 aromatic carbocycles. The topological polar surface area (TPSA) is 92.9 Å². The first kappa shape index (κ1) is 14.1. The normalized spacial score (nSPS) is 12.1. The number of nitrogens with zero attached hydrogens (tertiary/aromatic N) is 4. The summed E-state index contributed by atoms with van der Waals surface area (Å²) in [5, 5.41) is 22.8. The fourth-order valence-corrected chi connectivity index (χ4v) is 1.71. The van der Waals surface area contributed by atoms with Gasteiger partial charge < -0.3 is 10.4 Å². The Hall–Kier alpha value is -2.28. The minimum Gasteiger partial charge on any atom is -0.393 e. The Balaban J connectivity index is 1.86. The van der Waals surface area contributed by atoms with Gasteiger partial charge in [0.1, 0.15) is 6.33 Å². The van der Waals surface area contributed by atoms with Crippen molar-refractivity contribution in [3.63, 3.8) is 0 Å². The van der Waals surface area contributed by atoms with Gasteiger partial charge in [-0.05, 0) is 41.5 Å². The molecule has 1 amide bonds. The molecular weight excluding hydrogens is 258 g/mol. The molecule has 106 valence electrons. The highest BCUT2D eigenvalue weighted by Crippen LogP contribution is 2.08. The molecule has 0 aliphatic rings. The van der Waals surface area contributed by atoms with Crippen LogP contribution in [0.2, 0.25) is 0 Å². The Labute approximate surface area is 116 Å². The van der Waals surface area contributed by atoms with Gasteiger partial charge in [-0.15, -0.1) is 5.10 Å². The number of hydrogen-bond donors (Lipinski definition) is 2. The third-order valence-electron chi connectivity index (χ3n) is 2.80.